The number of likely N-dealkylation sites (tertiary alicyclic amines) is 1. The topological polar surface area (TPSA) is 36.1 Å². The Morgan fingerprint density at radius 1 is 1.35 bits per heavy atom. The Labute approximate surface area is 123 Å². The summed E-state index contributed by atoms with van der Waals surface area (Å²) >= 11 is 6.03. The van der Waals surface area contributed by atoms with Crippen molar-refractivity contribution in [1.29, 1.82) is 0 Å². The summed E-state index contributed by atoms with van der Waals surface area (Å²) in [7, 11) is 0. The Balaban J connectivity index is 1.93. The van der Waals surface area contributed by atoms with Crippen LogP contribution in [-0.2, 0) is 0 Å². The number of rotatable bonds is 1. The number of amides is 1. The molecule has 4 heteroatoms. The van der Waals surface area contributed by atoms with Gasteiger partial charge in [0.25, 0.3) is 5.91 Å². The van der Waals surface area contributed by atoms with E-state index < -0.39 is 0 Å². The minimum absolute atomic E-state index is 0.113. The van der Waals surface area contributed by atoms with E-state index in [0.29, 0.717) is 10.7 Å². The average Bonchev–Trinajstić information content (AvgIpc) is 2.76. The Hall–Kier alpha value is -1.48. The quantitative estimate of drug-likeness (QED) is 0.846. The molecular weight excluding hydrogens is 272 g/mol. The minimum atomic E-state index is 0.113. The van der Waals surface area contributed by atoms with Gasteiger partial charge in [0, 0.05) is 29.0 Å². The van der Waals surface area contributed by atoms with E-state index in [1.165, 1.54) is 0 Å². The second kappa shape index (κ2) is 5.13. The smallest absolute Gasteiger partial charge is 0.270 e. The highest BCUT2D eigenvalue weighted by molar-refractivity contribution is 6.31. The number of hydrogen-bond acceptors (Lipinski definition) is 1. The van der Waals surface area contributed by atoms with Gasteiger partial charge in [-0.15, -0.1) is 0 Å². The van der Waals surface area contributed by atoms with E-state index in [1.54, 1.807) is 0 Å². The molecule has 0 spiro atoms. The number of fused-ring (bicyclic) bond motifs is 1. The van der Waals surface area contributed by atoms with Gasteiger partial charge in [0.15, 0.2) is 0 Å². The zero-order chi connectivity index (χ0) is 14.3. The number of nitrogens with zero attached hydrogens (tertiary/aromatic N) is 1. The number of H-pyrrole nitrogens is 1. The average molecular weight is 291 g/mol. The number of piperidine rings is 1. The van der Waals surface area contributed by atoms with Crippen LogP contribution in [0.2, 0.25) is 5.02 Å². The Kier molecular flexibility index (Phi) is 3.47. The summed E-state index contributed by atoms with van der Waals surface area (Å²) in [6.45, 7) is 5.94. The first-order valence-corrected chi connectivity index (χ1v) is 7.51. The van der Waals surface area contributed by atoms with Crippen LogP contribution in [-0.4, -0.2) is 28.9 Å². The third-order valence-electron chi connectivity index (χ3n) is 4.31. The van der Waals surface area contributed by atoms with Gasteiger partial charge in [-0.25, -0.2) is 0 Å². The molecule has 0 bridgehead atoms. The standard InChI is InChI=1S/C16H19ClN2O/c1-10-5-7-19(8-6-10)16(20)15-11(2)13-9-12(17)3-4-14(13)18-15/h3-4,9-10,18H,5-8H2,1-2H3. The highest BCUT2D eigenvalue weighted by atomic mass is 35.5. The molecule has 0 atom stereocenters. The second-order valence-electron chi connectivity index (χ2n) is 5.79. The summed E-state index contributed by atoms with van der Waals surface area (Å²) in [5.74, 6) is 0.836. The SMILES string of the molecule is Cc1c(C(=O)N2CCC(C)CC2)[nH]c2ccc(Cl)cc12. The molecule has 0 aliphatic carbocycles. The first kappa shape index (κ1) is 13.5. The van der Waals surface area contributed by atoms with Crippen molar-refractivity contribution >= 4 is 28.4 Å². The molecule has 20 heavy (non-hydrogen) atoms. The van der Waals surface area contributed by atoms with Gasteiger partial charge in [0.1, 0.15) is 5.69 Å². The lowest BCUT2D eigenvalue weighted by molar-refractivity contribution is 0.0691. The third-order valence-corrected chi connectivity index (χ3v) is 4.54. The molecule has 2 aromatic rings. The molecule has 1 amide bonds. The lowest BCUT2D eigenvalue weighted by Gasteiger charge is -2.30. The zero-order valence-electron chi connectivity index (χ0n) is 11.9. The van der Waals surface area contributed by atoms with Crippen molar-refractivity contribution in [3.05, 3.63) is 34.5 Å². The number of hydrogen-bond donors (Lipinski definition) is 1. The highest BCUT2D eigenvalue weighted by Gasteiger charge is 2.24. The van der Waals surface area contributed by atoms with Crippen molar-refractivity contribution in [2.45, 2.75) is 26.7 Å². The summed E-state index contributed by atoms with van der Waals surface area (Å²) in [4.78, 5) is 17.9. The van der Waals surface area contributed by atoms with Crippen molar-refractivity contribution in [3.63, 3.8) is 0 Å². The van der Waals surface area contributed by atoms with Crippen molar-refractivity contribution < 1.29 is 4.79 Å². The molecule has 1 N–H and O–H groups in total. The normalized spacial score (nSPS) is 16.9. The van der Waals surface area contributed by atoms with E-state index >= 15 is 0 Å². The van der Waals surface area contributed by atoms with E-state index in [4.69, 9.17) is 11.6 Å². The predicted octanol–water partition coefficient (Wildman–Crippen LogP) is 4.00. The van der Waals surface area contributed by atoms with Crippen LogP contribution < -0.4 is 0 Å². The molecule has 3 nitrogen and oxygen atoms in total. The molecule has 0 radical (unpaired) electrons. The summed E-state index contributed by atoms with van der Waals surface area (Å²) in [5.41, 5.74) is 2.67. The van der Waals surface area contributed by atoms with Gasteiger partial charge in [-0.1, -0.05) is 18.5 Å². The van der Waals surface area contributed by atoms with E-state index in [-0.39, 0.29) is 5.91 Å². The zero-order valence-corrected chi connectivity index (χ0v) is 12.6. The Bertz CT molecular complexity index is 654. The Morgan fingerprint density at radius 3 is 2.75 bits per heavy atom. The molecule has 106 valence electrons. The maximum absolute atomic E-state index is 12.6. The van der Waals surface area contributed by atoms with E-state index in [0.717, 1.165) is 48.3 Å². The largest absolute Gasteiger partial charge is 0.350 e. The summed E-state index contributed by atoms with van der Waals surface area (Å²) in [6, 6.07) is 5.69. The molecule has 1 aliphatic heterocycles. The van der Waals surface area contributed by atoms with Crippen molar-refractivity contribution in [2.75, 3.05) is 13.1 Å². The fourth-order valence-electron chi connectivity index (χ4n) is 2.88. The van der Waals surface area contributed by atoms with Gasteiger partial charge in [0.05, 0.1) is 0 Å². The van der Waals surface area contributed by atoms with Gasteiger partial charge in [-0.2, -0.15) is 0 Å². The molecule has 0 saturated carbocycles. The number of halogens is 1. The lowest BCUT2D eigenvalue weighted by Crippen LogP contribution is -2.38. The van der Waals surface area contributed by atoms with Gasteiger partial charge in [0.2, 0.25) is 0 Å². The minimum Gasteiger partial charge on any atom is -0.350 e. The van der Waals surface area contributed by atoms with Crippen LogP contribution in [0.4, 0.5) is 0 Å². The lowest BCUT2D eigenvalue weighted by atomic mass is 9.99. The van der Waals surface area contributed by atoms with Crippen LogP contribution in [0.25, 0.3) is 10.9 Å². The highest BCUT2D eigenvalue weighted by Crippen LogP contribution is 2.27. The number of nitrogens with one attached hydrogen (secondary N) is 1. The number of benzene rings is 1. The fourth-order valence-corrected chi connectivity index (χ4v) is 3.05. The number of carbonyl (C=O) groups is 1. The van der Waals surface area contributed by atoms with Crippen LogP contribution in [0, 0.1) is 12.8 Å². The first-order chi connectivity index (χ1) is 9.56. The van der Waals surface area contributed by atoms with Gasteiger partial charge in [-0.05, 0) is 49.4 Å². The molecule has 1 aromatic carbocycles. The summed E-state index contributed by atoms with van der Waals surface area (Å²) in [6.07, 6.45) is 2.19. The van der Waals surface area contributed by atoms with E-state index in [2.05, 4.69) is 11.9 Å². The summed E-state index contributed by atoms with van der Waals surface area (Å²) < 4.78 is 0. The molecule has 0 unspecified atom stereocenters. The molecule has 2 heterocycles. The number of aromatic amines is 1. The number of aryl methyl sites for hydroxylation is 1. The fraction of sp³-hybridized carbons (Fsp3) is 0.438. The molecule has 1 aromatic heterocycles. The van der Waals surface area contributed by atoms with Crippen LogP contribution in [0.1, 0.15) is 35.8 Å². The Morgan fingerprint density at radius 2 is 2.05 bits per heavy atom. The number of carbonyl (C=O) groups excluding carboxylic acids is 1. The second-order valence-corrected chi connectivity index (χ2v) is 6.23. The monoisotopic (exact) mass is 290 g/mol. The van der Waals surface area contributed by atoms with Crippen LogP contribution >= 0.6 is 11.6 Å². The molecule has 1 aliphatic rings. The maximum Gasteiger partial charge on any atom is 0.270 e. The van der Waals surface area contributed by atoms with E-state index in [9.17, 15) is 4.79 Å². The van der Waals surface area contributed by atoms with Crippen LogP contribution in [0.5, 0.6) is 0 Å². The van der Waals surface area contributed by atoms with Crippen LogP contribution in [0.3, 0.4) is 0 Å². The molecule has 3 rings (SSSR count). The molecular formula is C16H19ClN2O. The number of aromatic nitrogens is 1. The first-order valence-electron chi connectivity index (χ1n) is 7.13. The third kappa shape index (κ3) is 2.31. The molecule has 1 saturated heterocycles. The van der Waals surface area contributed by atoms with E-state index in [1.807, 2.05) is 30.0 Å². The summed E-state index contributed by atoms with van der Waals surface area (Å²) in [5, 5.41) is 1.73. The van der Waals surface area contributed by atoms with Gasteiger partial charge in [-0.3, -0.25) is 4.79 Å². The predicted molar refractivity (Wildman–Crippen MR) is 82.3 cm³/mol. The van der Waals surface area contributed by atoms with Gasteiger partial charge < -0.3 is 9.88 Å². The maximum atomic E-state index is 12.6. The van der Waals surface area contributed by atoms with Crippen LogP contribution in [0.15, 0.2) is 18.2 Å². The van der Waals surface area contributed by atoms with Crippen molar-refractivity contribution in [3.8, 4) is 0 Å². The molecule has 1 fully saturated rings. The van der Waals surface area contributed by atoms with Crippen molar-refractivity contribution in [1.82, 2.24) is 9.88 Å². The van der Waals surface area contributed by atoms with Gasteiger partial charge >= 0.3 is 0 Å². The van der Waals surface area contributed by atoms with Crippen molar-refractivity contribution in [2.24, 2.45) is 5.92 Å².